The zero-order valence-electron chi connectivity index (χ0n) is 9.23. The van der Waals surface area contributed by atoms with Crippen LogP contribution in [0.1, 0.15) is 13.3 Å². The summed E-state index contributed by atoms with van der Waals surface area (Å²) in [4.78, 5) is 32.7. The maximum absolute atomic E-state index is 11.3. The molecule has 16 heavy (non-hydrogen) atoms. The number of rotatable bonds is 7. The van der Waals surface area contributed by atoms with Gasteiger partial charge in [0, 0.05) is 12.8 Å². The van der Waals surface area contributed by atoms with E-state index < -0.39 is 17.3 Å². The number of nitrogens with one attached hydrogen (secondary N) is 1. The lowest BCUT2D eigenvalue weighted by molar-refractivity contribution is -0.138. The van der Waals surface area contributed by atoms with Gasteiger partial charge in [-0.1, -0.05) is 0 Å². The number of amides is 1. The monoisotopic (exact) mass is 248 g/mol. The summed E-state index contributed by atoms with van der Waals surface area (Å²) in [5.74, 6) is -1.38. The molecular weight excluding hydrogens is 232 g/mol. The Balaban J connectivity index is 4.27. The zero-order valence-corrected chi connectivity index (χ0v) is 10.0. The first-order valence-electron chi connectivity index (χ1n) is 4.69. The molecule has 0 heterocycles. The SMILES string of the molecule is CNC(=O)C(CC(=O)O)SCC(N)C(C)=O. The van der Waals surface area contributed by atoms with Gasteiger partial charge in [0.1, 0.15) is 5.78 Å². The van der Waals surface area contributed by atoms with Gasteiger partial charge < -0.3 is 16.2 Å². The van der Waals surface area contributed by atoms with Crippen LogP contribution in [-0.2, 0) is 14.4 Å². The van der Waals surface area contributed by atoms with Crippen LogP contribution < -0.4 is 11.1 Å². The van der Waals surface area contributed by atoms with Gasteiger partial charge in [-0.15, -0.1) is 11.8 Å². The Morgan fingerprint density at radius 3 is 2.38 bits per heavy atom. The zero-order chi connectivity index (χ0) is 12.7. The second kappa shape index (κ2) is 7.24. The van der Waals surface area contributed by atoms with E-state index in [1.54, 1.807) is 0 Å². The number of carbonyl (C=O) groups excluding carboxylic acids is 2. The highest BCUT2D eigenvalue weighted by molar-refractivity contribution is 8.00. The minimum atomic E-state index is -1.06. The summed E-state index contributed by atoms with van der Waals surface area (Å²) in [7, 11) is 1.43. The molecule has 7 heteroatoms. The van der Waals surface area contributed by atoms with E-state index in [1.165, 1.54) is 14.0 Å². The first kappa shape index (κ1) is 14.9. The van der Waals surface area contributed by atoms with Gasteiger partial charge in [-0.3, -0.25) is 14.4 Å². The second-order valence-corrected chi connectivity index (χ2v) is 4.49. The molecule has 0 saturated carbocycles. The minimum absolute atomic E-state index is 0.182. The summed E-state index contributed by atoms with van der Waals surface area (Å²) in [6, 6.07) is -0.661. The van der Waals surface area contributed by atoms with Crippen LogP contribution in [-0.4, -0.2) is 46.9 Å². The van der Waals surface area contributed by atoms with Gasteiger partial charge in [-0.25, -0.2) is 0 Å². The van der Waals surface area contributed by atoms with E-state index in [9.17, 15) is 14.4 Å². The molecule has 0 spiro atoms. The van der Waals surface area contributed by atoms with Crippen molar-refractivity contribution in [3.63, 3.8) is 0 Å². The lowest BCUT2D eigenvalue weighted by atomic mass is 10.2. The number of thioether (sulfide) groups is 1. The van der Waals surface area contributed by atoms with Crippen LogP contribution in [0.4, 0.5) is 0 Å². The molecule has 0 aliphatic rings. The van der Waals surface area contributed by atoms with Crippen molar-refractivity contribution in [2.45, 2.75) is 24.6 Å². The Morgan fingerprint density at radius 2 is 2.00 bits per heavy atom. The number of carboxylic acid groups (broad SMARTS) is 1. The molecule has 4 N–H and O–H groups in total. The number of ketones is 1. The molecule has 2 unspecified atom stereocenters. The molecule has 0 aliphatic heterocycles. The van der Waals surface area contributed by atoms with Crippen molar-refractivity contribution in [1.29, 1.82) is 0 Å². The van der Waals surface area contributed by atoms with Crippen molar-refractivity contribution in [2.75, 3.05) is 12.8 Å². The Hall–Kier alpha value is -1.08. The molecule has 0 fully saturated rings. The van der Waals surface area contributed by atoms with Crippen LogP contribution >= 0.6 is 11.8 Å². The highest BCUT2D eigenvalue weighted by atomic mass is 32.2. The van der Waals surface area contributed by atoms with Crippen LogP contribution in [0.25, 0.3) is 0 Å². The summed E-state index contributed by atoms with van der Waals surface area (Å²) in [5.41, 5.74) is 5.49. The highest BCUT2D eigenvalue weighted by Crippen LogP contribution is 2.16. The van der Waals surface area contributed by atoms with Crippen molar-refractivity contribution in [3.05, 3.63) is 0 Å². The fraction of sp³-hybridized carbons (Fsp3) is 0.667. The molecule has 0 aromatic heterocycles. The number of carboxylic acids is 1. The molecule has 6 nitrogen and oxygen atoms in total. The van der Waals surface area contributed by atoms with Crippen molar-refractivity contribution in [3.8, 4) is 0 Å². The van der Waals surface area contributed by atoms with Gasteiger partial charge in [0.2, 0.25) is 5.91 Å². The molecule has 0 aromatic carbocycles. The molecule has 0 rings (SSSR count). The first-order valence-corrected chi connectivity index (χ1v) is 5.74. The third-order valence-corrected chi connectivity index (χ3v) is 3.23. The largest absolute Gasteiger partial charge is 0.481 e. The molecule has 0 bridgehead atoms. The van der Waals surface area contributed by atoms with Crippen molar-refractivity contribution in [1.82, 2.24) is 5.32 Å². The van der Waals surface area contributed by atoms with Gasteiger partial charge in [0.15, 0.2) is 0 Å². The van der Waals surface area contributed by atoms with Crippen molar-refractivity contribution in [2.24, 2.45) is 5.73 Å². The van der Waals surface area contributed by atoms with Gasteiger partial charge >= 0.3 is 5.97 Å². The Morgan fingerprint density at radius 1 is 1.44 bits per heavy atom. The summed E-state index contributed by atoms with van der Waals surface area (Å²) in [6.07, 6.45) is -0.283. The van der Waals surface area contributed by atoms with E-state index in [2.05, 4.69) is 5.32 Å². The molecule has 0 radical (unpaired) electrons. The maximum Gasteiger partial charge on any atom is 0.305 e. The third-order valence-electron chi connectivity index (χ3n) is 1.90. The van der Waals surface area contributed by atoms with Gasteiger partial charge in [0.05, 0.1) is 17.7 Å². The predicted molar refractivity (Wildman–Crippen MR) is 61.2 cm³/mol. The van der Waals surface area contributed by atoms with Gasteiger partial charge in [-0.05, 0) is 6.92 Å². The Bertz CT molecular complexity index is 283. The van der Waals surface area contributed by atoms with E-state index >= 15 is 0 Å². The van der Waals surface area contributed by atoms with Crippen LogP contribution in [0.15, 0.2) is 0 Å². The van der Waals surface area contributed by atoms with Gasteiger partial charge in [0.25, 0.3) is 0 Å². The van der Waals surface area contributed by atoms with E-state index in [4.69, 9.17) is 10.8 Å². The molecule has 92 valence electrons. The smallest absolute Gasteiger partial charge is 0.305 e. The molecule has 1 amide bonds. The average Bonchev–Trinajstić information content (AvgIpc) is 2.21. The second-order valence-electron chi connectivity index (χ2n) is 3.25. The molecule has 0 saturated heterocycles. The van der Waals surface area contributed by atoms with Crippen LogP contribution in [0, 0.1) is 0 Å². The summed E-state index contributed by atoms with van der Waals surface area (Å²) in [6.45, 7) is 1.36. The van der Waals surface area contributed by atoms with E-state index in [0.717, 1.165) is 11.8 Å². The fourth-order valence-electron chi connectivity index (χ4n) is 0.884. The first-order chi connectivity index (χ1) is 7.38. The quantitative estimate of drug-likeness (QED) is 0.545. The number of hydrogen-bond donors (Lipinski definition) is 3. The van der Waals surface area contributed by atoms with Crippen LogP contribution in [0.2, 0.25) is 0 Å². The lowest BCUT2D eigenvalue weighted by Gasteiger charge is -2.14. The topological polar surface area (TPSA) is 109 Å². The van der Waals surface area contributed by atoms with E-state index in [0.29, 0.717) is 0 Å². The standard InChI is InChI=1S/C9H16N2O4S/c1-5(12)6(10)4-16-7(3-8(13)14)9(15)11-2/h6-7H,3-4,10H2,1-2H3,(H,11,15)(H,13,14). The van der Waals surface area contributed by atoms with Crippen molar-refractivity contribution >= 4 is 29.4 Å². The molecular formula is C9H16N2O4S. The predicted octanol–water partition coefficient (Wildman–Crippen LogP) is -0.775. The Kier molecular flexibility index (Phi) is 6.75. The summed E-state index contributed by atoms with van der Waals surface area (Å²) in [5, 5.41) is 10.3. The molecule has 2 atom stereocenters. The molecule has 0 aromatic rings. The summed E-state index contributed by atoms with van der Waals surface area (Å²) < 4.78 is 0. The van der Waals surface area contributed by atoms with E-state index in [-0.39, 0.29) is 23.9 Å². The number of nitrogens with two attached hydrogens (primary N) is 1. The highest BCUT2D eigenvalue weighted by Gasteiger charge is 2.22. The van der Waals surface area contributed by atoms with Crippen LogP contribution in [0.5, 0.6) is 0 Å². The number of aliphatic carboxylic acids is 1. The summed E-state index contributed by atoms with van der Waals surface area (Å²) >= 11 is 1.08. The normalized spacial score (nSPS) is 13.9. The minimum Gasteiger partial charge on any atom is -0.481 e. The average molecular weight is 248 g/mol. The van der Waals surface area contributed by atoms with Crippen molar-refractivity contribution < 1.29 is 19.5 Å². The number of Topliss-reactive ketones (excluding diaryl/α,β-unsaturated/α-hetero) is 1. The molecule has 0 aliphatic carbocycles. The number of carbonyl (C=O) groups is 3. The maximum atomic E-state index is 11.3. The lowest BCUT2D eigenvalue weighted by Crippen LogP contribution is -2.36. The van der Waals surface area contributed by atoms with E-state index in [1.807, 2.05) is 0 Å². The van der Waals surface area contributed by atoms with Crippen LogP contribution in [0.3, 0.4) is 0 Å². The fourth-order valence-corrected chi connectivity index (χ4v) is 2.09. The number of hydrogen-bond acceptors (Lipinski definition) is 5. The Labute approximate surface area is 98.0 Å². The third kappa shape index (κ3) is 5.72. The van der Waals surface area contributed by atoms with Gasteiger partial charge in [-0.2, -0.15) is 0 Å².